The molecule has 200 valence electrons. The number of anilines is 1. The van der Waals surface area contributed by atoms with E-state index in [0.717, 1.165) is 55.1 Å². The van der Waals surface area contributed by atoms with Gasteiger partial charge in [0, 0.05) is 36.5 Å². The Balaban J connectivity index is 1.36. The summed E-state index contributed by atoms with van der Waals surface area (Å²) in [7, 11) is 0. The van der Waals surface area contributed by atoms with Gasteiger partial charge >= 0.3 is 6.36 Å². The van der Waals surface area contributed by atoms with Crippen molar-refractivity contribution in [3.63, 3.8) is 0 Å². The van der Waals surface area contributed by atoms with Crippen LogP contribution in [0.15, 0.2) is 63.9 Å². The zero-order chi connectivity index (χ0) is 27.6. The topological polar surface area (TPSA) is 110 Å². The highest BCUT2D eigenvalue weighted by atomic mass is 19.4. The minimum atomic E-state index is -4.79. The van der Waals surface area contributed by atoms with Crippen molar-refractivity contribution in [1.29, 1.82) is 5.26 Å². The summed E-state index contributed by atoms with van der Waals surface area (Å²) >= 11 is 0. The first kappa shape index (κ1) is 26.0. The number of piperidine rings is 1. The molecular weight excluding hydrogens is 513 g/mol. The molecule has 0 radical (unpaired) electrons. The fourth-order valence-electron chi connectivity index (χ4n) is 4.43. The summed E-state index contributed by atoms with van der Waals surface area (Å²) in [5.74, 6) is 0.544. The molecular formula is C27H23F3N6O3. The summed E-state index contributed by atoms with van der Waals surface area (Å²) < 4.78 is 48.4. The Hall–Kier alpha value is -4.66. The molecule has 1 aliphatic rings. The predicted octanol–water partition coefficient (Wildman–Crippen LogP) is 4.96. The number of nitriles is 1. The third kappa shape index (κ3) is 5.93. The normalized spacial score (nSPS) is 14.3. The summed E-state index contributed by atoms with van der Waals surface area (Å²) in [4.78, 5) is 20.1. The standard InChI is InChI=1S/C27H23F3N6O3/c1-17-2-7-22(25-34-33-24(38-25)20-3-5-21(6-4-20)39-27(28,29)30)26(37)36(17)16-19-8-11-32-23(14-19)35-12-9-18(15-31)10-13-35/h2-8,11,14,18H,9-10,12-13,16H2,1H3. The number of aromatic nitrogens is 4. The number of rotatable bonds is 6. The lowest BCUT2D eigenvalue weighted by molar-refractivity contribution is -0.274. The molecule has 3 aromatic heterocycles. The highest BCUT2D eigenvalue weighted by molar-refractivity contribution is 5.58. The Morgan fingerprint density at radius 3 is 2.49 bits per heavy atom. The van der Waals surface area contributed by atoms with E-state index in [0.29, 0.717) is 12.1 Å². The molecule has 1 saturated heterocycles. The molecule has 0 amide bonds. The van der Waals surface area contributed by atoms with E-state index in [1.54, 1.807) is 22.9 Å². The van der Waals surface area contributed by atoms with E-state index in [1.165, 1.54) is 12.1 Å². The van der Waals surface area contributed by atoms with Crippen LogP contribution in [0.1, 0.15) is 24.1 Å². The SMILES string of the molecule is Cc1ccc(-c2nnc(-c3ccc(OC(F)(F)F)cc3)o2)c(=O)n1Cc1ccnc(N2CCC(C#N)CC2)c1. The molecule has 0 bridgehead atoms. The smallest absolute Gasteiger partial charge is 0.416 e. The molecule has 1 aliphatic heterocycles. The molecule has 0 N–H and O–H groups in total. The van der Waals surface area contributed by atoms with Crippen LogP contribution in [0.25, 0.3) is 22.9 Å². The van der Waals surface area contributed by atoms with Gasteiger partial charge in [0.15, 0.2) is 0 Å². The van der Waals surface area contributed by atoms with Crippen molar-refractivity contribution in [2.45, 2.75) is 32.7 Å². The van der Waals surface area contributed by atoms with Gasteiger partial charge < -0.3 is 18.6 Å². The Kier molecular flexibility index (Phi) is 7.06. The minimum absolute atomic E-state index is 0.00449. The van der Waals surface area contributed by atoms with Crippen LogP contribution < -0.4 is 15.2 Å². The van der Waals surface area contributed by atoms with Crippen LogP contribution in [-0.4, -0.2) is 39.2 Å². The average molecular weight is 537 g/mol. The zero-order valence-electron chi connectivity index (χ0n) is 20.9. The lowest BCUT2D eigenvalue weighted by atomic mass is 9.98. The van der Waals surface area contributed by atoms with Gasteiger partial charge in [-0.25, -0.2) is 4.98 Å². The average Bonchev–Trinajstić information content (AvgIpc) is 3.41. The monoisotopic (exact) mass is 536 g/mol. The summed E-state index contributed by atoms with van der Waals surface area (Å²) in [5, 5.41) is 17.1. The lowest BCUT2D eigenvalue weighted by Crippen LogP contribution is -2.33. The molecule has 1 aromatic carbocycles. The third-order valence-corrected chi connectivity index (χ3v) is 6.53. The van der Waals surface area contributed by atoms with E-state index in [9.17, 15) is 18.0 Å². The zero-order valence-corrected chi connectivity index (χ0v) is 20.9. The second-order valence-corrected chi connectivity index (χ2v) is 9.18. The van der Waals surface area contributed by atoms with Crippen molar-refractivity contribution in [3.8, 4) is 34.7 Å². The van der Waals surface area contributed by atoms with Gasteiger partial charge in [0.05, 0.1) is 12.6 Å². The maximum absolute atomic E-state index is 13.4. The van der Waals surface area contributed by atoms with Crippen molar-refractivity contribution >= 4 is 5.82 Å². The number of nitrogens with zero attached hydrogens (tertiary/aromatic N) is 6. The molecule has 12 heteroatoms. The van der Waals surface area contributed by atoms with E-state index < -0.39 is 6.36 Å². The number of aryl methyl sites for hydroxylation is 1. The Morgan fingerprint density at radius 2 is 1.79 bits per heavy atom. The van der Waals surface area contributed by atoms with Gasteiger partial charge in [-0.3, -0.25) is 4.79 Å². The first-order valence-corrected chi connectivity index (χ1v) is 12.2. The Bertz CT molecular complexity index is 1570. The van der Waals surface area contributed by atoms with Gasteiger partial charge in [0.25, 0.3) is 11.4 Å². The second kappa shape index (κ2) is 10.6. The molecule has 0 saturated carbocycles. The van der Waals surface area contributed by atoms with Gasteiger partial charge in [0.1, 0.15) is 17.1 Å². The molecule has 39 heavy (non-hydrogen) atoms. The molecule has 1 fully saturated rings. The Morgan fingerprint density at radius 1 is 1.08 bits per heavy atom. The van der Waals surface area contributed by atoms with Gasteiger partial charge in [-0.05, 0) is 73.9 Å². The molecule has 0 atom stereocenters. The number of pyridine rings is 2. The van der Waals surface area contributed by atoms with E-state index in [2.05, 4.69) is 30.9 Å². The van der Waals surface area contributed by atoms with Crippen LogP contribution in [0.3, 0.4) is 0 Å². The highest BCUT2D eigenvalue weighted by Gasteiger charge is 2.31. The molecule has 9 nitrogen and oxygen atoms in total. The second-order valence-electron chi connectivity index (χ2n) is 9.18. The summed E-state index contributed by atoms with van der Waals surface area (Å²) in [6, 6.07) is 14.5. The van der Waals surface area contributed by atoms with E-state index in [-0.39, 0.29) is 34.6 Å². The van der Waals surface area contributed by atoms with Crippen LogP contribution in [-0.2, 0) is 6.54 Å². The summed E-state index contributed by atoms with van der Waals surface area (Å²) in [6.07, 6.45) is -1.50. The van der Waals surface area contributed by atoms with Crippen LogP contribution >= 0.6 is 0 Å². The fraction of sp³-hybridized carbons (Fsp3) is 0.296. The van der Waals surface area contributed by atoms with Crippen LogP contribution in [0.4, 0.5) is 19.0 Å². The Labute approximate surface area is 221 Å². The molecule has 4 aromatic rings. The number of benzene rings is 1. The van der Waals surface area contributed by atoms with Gasteiger partial charge in [-0.1, -0.05) is 0 Å². The summed E-state index contributed by atoms with van der Waals surface area (Å²) in [5.41, 5.74) is 1.87. The molecule has 0 unspecified atom stereocenters. The number of alkyl halides is 3. The highest BCUT2D eigenvalue weighted by Crippen LogP contribution is 2.28. The molecule has 0 aliphatic carbocycles. The number of hydrogen-bond acceptors (Lipinski definition) is 8. The fourth-order valence-corrected chi connectivity index (χ4v) is 4.43. The van der Waals surface area contributed by atoms with Gasteiger partial charge in [-0.15, -0.1) is 23.4 Å². The van der Waals surface area contributed by atoms with E-state index in [1.807, 2.05) is 19.1 Å². The summed E-state index contributed by atoms with van der Waals surface area (Å²) in [6.45, 7) is 3.62. The van der Waals surface area contributed by atoms with Crippen LogP contribution in [0.2, 0.25) is 0 Å². The quantitative estimate of drug-likeness (QED) is 0.340. The van der Waals surface area contributed by atoms with Gasteiger partial charge in [-0.2, -0.15) is 5.26 Å². The van der Waals surface area contributed by atoms with Gasteiger partial charge in [0.2, 0.25) is 5.89 Å². The van der Waals surface area contributed by atoms with Crippen molar-refractivity contribution in [1.82, 2.24) is 19.7 Å². The van der Waals surface area contributed by atoms with Crippen LogP contribution in [0.5, 0.6) is 5.75 Å². The number of halogens is 3. The third-order valence-electron chi connectivity index (χ3n) is 6.53. The predicted molar refractivity (Wildman–Crippen MR) is 135 cm³/mol. The van der Waals surface area contributed by atoms with Crippen molar-refractivity contribution in [3.05, 3.63) is 76.3 Å². The number of ether oxygens (including phenoxy) is 1. The maximum Gasteiger partial charge on any atom is 0.573 e. The first-order valence-electron chi connectivity index (χ1n) is 12.2. The first-order chi connectivity index (χ1) is 18.7. The molecule has 4 heterocycles. The van der Waals surface area contributed by atoms with E-state index >= 15 is 0 Å². The van der Waals surface area contributed by atoms with Crippen molar-refractivity contribution in [2.24, 2.45) is 5.92 Å². The largest absolute Gasteiger partial charge is 0.573 e. The number of hydrogen-bond donors (Lipinski definition) is 0. The minimum Gasteiger partial charge on any atom is -0.416 e. The molecule has 5 rings (SSSR count). The van der Waals surface area contributed by atoms with Crippen molar-refractivity contribution < 1.29 is 22.3 Å². The lowest BCUT2D eigenvalue weighted by Gasteiger charge is -2.30. The van der Waals surface area contributed by atoms with E-state index in [4.69, 9.17) is 9.68 Å². The molecule has 0 spiro atoms. The van der Waals surface area contributed by atoms with Crippen molar-refractivity contribution in [2.75, 3.05) is 18.0 Å². The maximum atomic E-state index is 13.4. The van der Waals surface area contributed by atoms with Crippen LogP contribution in [0, 0.1) is 24.2 Å².